The van der Waals surface area contributed by atoms with E-state index in [9.17, 15) is 0 Å². The minimum absolute atomic E-state index is 0.308. The fourth-order valence-corrected chi connectivity index (χ4v) is 3.04. The first kappa shape index (κ1) is 12.5. The van der Waals surface area contributed by atoms with Crippen molar-refractivity contribution in [2.24, 2.45) is 18.7 Å². The van der Waals surface area contributed by atoms with E-state index < -0.39 is 0 Å². The van der Waals surface area contributed by atoms with Crippen LogP contribution in [0.25, 0.3) is 11.0 Å². The number of anilines is 1. The summed E-state index contributed by atoms with van der Waals surface area (Å²) < 4.78 is 2.20. The van der Waals surface area contributed by atoms with Crippen LogP contribution >= 0.6 is 0 Å². The van der Waals surface area contributed by atoms with Crippen molar-refractivity contribution in [2.75, 3.05) is 18.0 Å². The summed E-state index contributed by atoms with van der Waals surface area (Å²) in [6, 6.07) is 8.62. The van der Waals surface area contributed by atoms with Crippen LogP contribution in [-0.4, -0.2) is 28.7 Å². The molecular weight excluding hydrogens is 236 g/mol. The maximum atomic E-state index is 6.00. The molecule has 0 spiro atoms. The molecule has 1 atom stereocenters. The Morgan fingerprint density at radius 2 is 1.95 bits per heavy atom. The highest BCUT2D eigenvalue weighted by Crippen LogP contribution is 2.26. The van der Waals surface area contributed by atoms with Crippen molar-refractivity contribution in [3.05, 3.63) is 24.3 Å². The van der Waals surface area contributed by atoms with E-state index in [1.165, 1.54) is 18.4 Å². The van der Waals surface area contributed by atoms with E-state index in [1.807, 2.05) is 6.07 Å². The molecule has 1 saturated heterocycles. The molecule has 4 nitrogen and oxygen atoms in total. The molecule has 1 aromatic heterocycles. The van der Waals surface area contributed by atoms with Crippen LogP contribution in [0.1, 0.15) is 19.8 Å². The third kappa shape index (κ3) is 2.21. The molecule has 2 aromatic rings. The van der Waals surface area contributed by atoms with E-state index in [4.69, 9.17) is 10.7 Å². The summed E-state index contributed by atoms with van der Waals surface area (Å²) in [4.78, 5) is 7.15. The first-order valence-electron chi connectivity index (χ1n) is 7.09. The van der Waals surface area contributed by atoms with Gasteiger partial charge in [-0.15, -0.1) is 0 Å². The number of benzene rings is 1. The summed E-state index contributed by atoms with van der Waals surface area (Å²) >= 11 is 0. The standard InChI is InChI=1S/C15H22N4/c1-11(16)12-7-9-19(10-8-12)15-17-13-5-3-4-6-14(13)18(15)2/h3-6,11-12H,7-10,16H2,1-2H3. The number of nitrogens with two attached hydrogens (primary N) is 1. The van der Waals surface area contributed by atoms with Crippen LogP contribution in [0.2, 0.25) is 0 Å². The van der Waals surface area contributed by atoms with Gasteiger partial charge in [0.25, 0.3) is 0 Å². The second kappa shape index (κ2) is 4.85. The molecule has 0 amide bonds. The molecule has 2 heterocycles. The molecule has 19 heavy (non-hydrogen) atoms. The Hall–Kier alpha value is -1.55. The zero-order valence-corrected chi connectivity index (χ0v) is 11.7. The van der Waals surface area contributed by atoms with E-state index in [-0.39, 0.29) is 0 Å². The van der Waals surface area contributed by atoms with Crippen molar-refractivity contribution in [2.45, 2.75) is 25.8 Å². The molecule has 1 aliphatic heterocycles. The van der Waals surface area contributed by atoms with Crippen molar-refractivity contribution in [1.82, 2.24) is 9.55 Å². The van der Waals surface area contributed by atoms with Gasteiger partial charge in [0.05, 0.1) is 11.0 Å². The van der Waals surface area contributed by atoms with Crippen LogP contribution in [0, 0.1) is 5.92 Å². The first-order chi connectivity index (χ1) is 9.16. The molecule has 0 radical (unpaired) electrons. The third-order valence-electron chi connectivity index (χ3n) is 4.33. The largest absolute Gasteiger partial charge is 0.342 e. The number of hydrogen-bond acceptors (Lipinski definition) is 3. The van der Waals surface area contributed by atoms with Gasteiger partial charge in [0, 0.05) is 26.2 Å². The van der Waals surface area contributed by atoms with Crippen molar-refractivity contribution < 1.29 is 0 Å². The monoisotopic (exact) mass is 258 g/mol. The average molecular weight is 258 g/mol. The van der Waals surface area contributed by atoms with E-state index in [0.717, 1.165) is 24.6 Å². The van der Waals surface area contributed by atoms with Gasteiger partial charge in [0.2, 0.25) is 5.95 Å². The Morgan fingerprint density at radius 1 is 1.26 bits per heavy atom. The summed E-state index contributed by atoms with van der Waals surface area (Å²) in [6.45, 7) is 4.24. The number of rotatable bonds is 2. The number of hydrogen-bond donors (Lipinski definition) is 1. The van der Waals surface area contributed by atoms with Gasteiger partial charge >= 0.3 is 0 Å². The van der Waals surface area contributed by atoms with Gasteiger partial charge in [0.1, 0.15) is 0 Å². The summed E-state index contributed by atoms with van der Waals surface area (Å²) in [6.07, 6.45) is 2.34. The van der Waals surface area contributed by atoms with Gasteiger partial charge in [0.15, 0.2) is 0 Å². The van der Waals surface area contributed by atoms with Crippen LogP contribution in [0.15, 0.2) is 24.3 Å². The van der Waals surface area contributed by atoms with Crippen molar-refractivity contribution in [1.29, 1.82) is 0 Å². The minimum atomic E-state index is 0.308. The normalized spacial score (nSPS) is 19.0. The molecule has 1 unspecified atom stereocenters. The lowest BCUT2D eigenvalue weighted by atomic mass is 9.91. The SMILES string of the molecule is CC(N)C1CCN(c2nc3ccccc3n2C)CC1. The lowest BCUT2D eigenvalue weighted by Gasteiger charge is -2.34. The van der Waals surface area contributed by atoms with Crippen LogP contribution in [0.3, 0.4) is 0 Å². The number of imidazole rings is 1. The number of aromatic nitrogens is 2. The maximum Gasteiger partial charge on any atom is 0.206 e. The first-order valence-corrected chi connectivity index (χ1v) is 7.09. The Balaban J connectivity index is 1.84. The van der Waals surface area contributed by atoms with Crippen molar-refractivity contribution in [3.8, 4) is 0 Å². The smallest absolute Gasteiger partial charge is 0.206 e. The summed E-state index contributed by atoms with van der Waals surface area (Å²) in [5, 5.41) is 0. The van der Waals surface area contributed by atoms with Gasteiger partial charge in [-0.25, -0.2) is 4.98 Å². The average Bonchev–Trinajstić information content (AvgIpc) is 2.77. The summed E-state index contributed by atoms with van der Waals surface area (Å²) in [5.41, 5.74) is 8.28. The Kier molecular flexibility index (Phi) is 3.19. The molecule has 1 fully saturated rings. The number of para-hydroxylation sites is 2. The molecule has 0 bridgehead atoms. The number of nitrogens with zero attached hydrogens (tertiary/aromatic N) is 3. The zero-order valence-electron chi connectivity index (χ0n) is 11.7. The van der Waals surface area contributed by atoms with E-state index >= 15 is 0 Å². The quantitative estimate of drug-likeness (QED) is 0.897. The molecular formula is C15H22N4. The van der Waals surface area contributed by atoms with Gasteiger partial charge < -0.3 is 15.2 Å². The summed E-state index contributed by atoms with van der Waals surface area (Å²) in [7, 11) is 2.10. The number of piperidine rings is 1. The topological polar surface area (TPSA) is 47.1 Å². The highest BCUT2D eigenvalue weighted by Gasteiger charge is 2.24. The molecule has 2 N–H and O–H groups in total. The molecule has 0 aliphatic carbocycles. The fraction of sp³-hybridized carbons (Fsp3) is 0.533. The van der Waals surface area contributed by atoms with Crippen LogP contribution < -0.4 is 10.6 Å². The summed E-state index contributed by atoms with van der Waals surface area (Å²) in [5.74, 6) is 1.75. The molecule has 102 valence electrons. The van der Waals surface area contributed by atoms with Gasteiger partial charge in [-0.05, 0) is 37.8 Å². The highest BCUT2D eigenvalue weighted by molar-refractivity contribution is 5.78. The highest BCUT2D eigenvalue weighted by atomic mass is 15.3. The number of aryl methyl sites for hydroxylation is 1. The minimum Gasteiger partial charge on any atom is -0.342 e. The fourth-order valence-electron chi connectivity index (χ4n) is 3.04. The van der Waals surface area contributed by atoms with Gasteiger partial charge in [-0.1, -0.05) is 12.1 Å². The zero-order chi connectivity index (χ0) is 13.4. The lowest BCUT2D eigenvalue weighted by Crippen LogP contribution is -2.40. The molecule has 1 aromatic carbocycles. The van der Waals surface area contributed by atoms with Crippen molar-refractivity contribution >= 4 is 17.0 Å². The Morgan fingerprint density at radius 3 is 2.58 bits per heavy atom. The van der Waals surface area contributed by atoms with Gasteiger partial charge in [-0.2, -0.15) is 0 Å². The van der Waals surface area contributed by atoms with Crippen molar-refractivity contribution in [3.63, 3.8) is 0 Å². The molecule has 3 rings (SSSR count). The third-order valence-corrected chi connectivity index (χ3v) is 4.33. The molecule has 4 heteroatoms. The second-order valence-electron chi connectivity index (χ2n) is 5.64. The van der Waals surface area contributed by atoms with Gasteiger partial charge in [-0.3, -0.25) is 0 Å². The van der Waals surface area contributed by atoms with E-state index in [1.54, 1.807) is 0 Å². The Bertz CT molecular complexity index is 565. The maximum absolute atomic E-state index is 6.00. The van der Waals surface area contributed by atoms with Crippen LogP contribution in [0.5, 0.6) is 0 Å². The molecule has 1 aliphatic rings. The van der Waals surface area contributed by atoms with E-state index in [2.05, 4.69) is 41.6 Å². The second-order valence-corrected chi connectivity index (χ2v) is 5.64. The molecule has 0 saturated carbocycles. The lowest BCUT2D eigenvalue weighted by molar-refractivity contribution is 0.351. The number of fused-ring (bicyclic) bond motifs is 1. The van der Waals surface area contributed by atoms with Crippen LogP contribution in [0.4, 0.5) is 5.95 Å². The van der Waals surface area contributed by atoms with Crippen LogP contribution in [-0.2, 0) is 7.05 Å². The predicted octanol–water partition coefficient (Wildman–Crippen LogP) is 2.14. The Labute approximate surface area is 114 Å². The predicted molar refractivity (Wildman–Crippen MR) is 79.3 cm³/mol. The van der Waals surface area contributed by atoms with E-state index in [0.29, 0.717) is 12.0 Å².